The lowest BCUT2D eigenvalue weighted by Crippen LogP contribution is -2.45. The highest BCUT2D eigenvalue weighted by molar-refractivity contribution is 9.10. The number of phenolic OH excluding ortho intramolecular Hbond substituents is 1. The third kappa shape index (κ3) is 2.64. The number of phenols is 1. The van der Waals surface area contributed by atoms with Gasteiger partial charge in [0.2, 0.25) is 0 Å². The van der Waals surface area contributed by atoms with E-state index >= 15 is 0 Å². The minimum Gasteiger partial charge on any atom is -0.505 e. The predicted octanol–water partition coefficient (Wildman–Crippen LogP) is 2.65. The normalized spacial score (nSPS) is 22.4. The number of hydrogen-bond acceptors (Lipinski definition) is 3. The molecule has 1 saturated carbocycles. The highest BCUT2D eigenvalue weighted by Crippen LogP contribution is 2.49. The summed E-state index contributed by atoms with van der Waals surface area (Å²) in [7, 11) is 0. The highest BCUT2D eigenvalue weighted by atomic mass is 79.9. The Bertz CT molecular complexity index is 473. The van der Waals surface area contributed by atoms with Gasteiger partial charge in [0, 0.05) is 42.3 Å². The van der Waals surface area contributed by atoms with E-state index in [1.807, 2.05) is 0 Å². The monoisotopic (exact) mass is 328 g/mol. The van der Waals surface area contributed by atoms with Crippen molar-refractivity contribution in [1.29, 1.82) is 0 Å². The first kappa shape index (κ1) is 13.3. The molecule has 2 fully saturated rings. The average molecular weight is 329 g/mol. The molecular formula is C14H18BrFN2O. The van der Waals surface area contributed by atoms with Crippen LogP contribution in [0.25, 0.3) is 0 Å². The van der Waals surface area contributed by atoms with Crippen LogP contribution in [-0.2, 0) is 0 Å². The summed E-state index contributed by atoms with van der Waals surface area (Å²) in [5.41, 5.74) is 0.726. The summed E-state index contributed by atoms with van der Waals surface area (Å²) < 4.78 is 14.5. The lowest BCUT2D eigenvalue weighted by molar-refractivity contribution is 0.152. The van der Waals surface area contributed by atoms with Crippen LogP contribution in [0.1, 0.15) is 24.4 Å². The van der Waals surface area contributed by atoms with Crippen molar-refractivity contribution in [2.75, 3.05) is 26.2 Å². The average Bonchev–Trinajstić information content (AvgIpc) is 3.24. The van der Waals surface area contributed by atoms with Crippen molar-refractivity contribution in [3.63, 3.8) is 0 Å². The van der Waals surface area contributed by atoms with Crippen molar-refractivity contribution in [1.82, 2.24) is 10.2 Å². The summed E-state index contributed by atoms with van der Waals surface area (Å²) in [5, 5.41) is 13.4. The van der Waals surface area contributed by atoms with Crippen LogP contribution in [0.5, 0.6) is 5.75 Å². The van der Waals surface area contributed by atoms with Gasteiger partial charge < -0.3 is 10.4 Å². The number of piperazine rings is 1. The van der Waals surface area contributed by atoms with Crippen LogP contribution in [0.4, 0.5) is 4.39 Å². The van der Waals surface area contributed by atoms with Gasteiger partial charge >= 0.3 is 0 Å². The van der Waals surface area contributed by atoms with Gasteiger partial charge in [0.05, 0.1) is 0 Å². The van der Waals surface area contributed by atoms with Gasteiger partial charge in [-0.25, -0.2) is 4.39 Å². The molecule has 0 unspecified atom stereocenters. The first-order valence-corrected chi connectivity index (χ1v) is 7.59. The van der Waals surface area contributed by atoms with Crippen molar-refractivity contribution in [2.45, 2.75) is 18.9 Å². The molecule has 3 rings (SSSR count). The molecule has 1 aliphatic carbocycles. The Kier molecular flexibility index (Phi) is 3.78. The van der Waals surface area contributed by atoms with E-state index in [0.717, 1.165) is 49.1 Å². The highest BCUT2D eigenvalue weighted by Gasteiger charge is 2.39. The summed E-state index contributed by atoms with van der Waals surface area (Å²) in [6.45, 7) is 3.81. The Morgan fingerprint density at radius 3 is 2.63 bits per heavy atom. The van der Waals surface area contributed by atoms with Crippen LogP contribution >= 0.6 is 15.9 Å². The van der Waals surface area contributed by atoms with Crippen molar-refractivity contribution >= 4 is 15.9 Å². The van der Waals surface area contributed by atoms with Gasteiger partial charge in [-0.1, -0.05) is 15.9 Å². The topological polar surface area (TPSA) is 35.5 Å². The van der Waals surface area contributed by atoms with Crippen molar-refractivity contribution < 1.29 is 9.50 Å². The predicted molar refractivity (Wildman–Crippen MR) is 75.7 cm³/mol. The van der Waals surface area contributed by atoms with Gasteiger partial charge in [0.25, 0.3) is 0 Å². The summed E-state index contributed by atoms with van der Waals surface area (Å²) >= 11 is 3.48. The lowest BCUT2D eigenvalue weighted by atomic mass is 9.98. The SMILES string of the molecule is Oc1c(F)ccc(Br)c1[C@H](C1CC1)N1CCNCC1. The molecule has 1 atom stereocenters. The molecular weight excluding hydrogens is 311 g/mol. The van der Waals surface area contributed by atoms with E-state index in [1.54, 1.807) is 6.07 Å². The molecule has 5 heteroatoms. The van der Waals surface area contributed by atoms with E-state index in [9.17, 15) is 9.50 Å². The number of rotatable bonds is 3. The zero-order valence-electron chi connectivity index (χ0n) is 10.7. The molecule has 2 aliphatic rings. The quantitative estimate of drug-likeness (QED) is 0.895. The van der Waals surface area contributed by atoms with E-state index < -0.39 is 5.82 Å². The summed E-state index contributed by atoms with van der Waals surface area (Å²) in [6.07, 6.45) is 2.33. The molecule has 1 saturated heterocycles. The van der Waals surface area contributed by atoms with Crippen molar-refractivity contribution in [3.8, 4) is 5.75 Å². The molecule has 2 N–H and O–H groups in total. The van der Waals surface area contributed by atoms with E-state index in [2.05, 4.69) is 26.1 Å². The number of aromatic hydroxyl groups is 1. The Hall–Kier alpha value is -0.650. The van der Waals surface area contributed by atoms with Crippen LogP contribution in [0.15, 0.2) is 16.6 Å². The second-order valence-electron chi connectivity index (χ2n) is 5.36. The Labute approximate surface area is 120 Å². The van der Waals surface area contributed by atoms with Crippen LogP contribution < -0.4 is 5.32 Å². The molecule has 3 nitrogen and oxygen atoms in total. The zero-order valence-corrected chi connectivity index (χ0v) is 12.3. The van der Waals surface area contributed by atoms with E-state index in [4.69, 9.17) is 0 Å². The molecule has 19 heavy (non-hydrogen) atoms. The zero-order chi connectivity index (χ0) is 13.4. The molecule has 1 aromatic carbocycles. The first-order chi connectivity index (χ1) is 9.18. The van der Waals surface area contributed by atoms with E-state index in [-0.39, 0.29) is 11.8 Å². The minimum absolute atomic E-state index is 0.132. The van der Waals surface area contributed by atoms with Gasteiger partial charge in [-0.3, -0.25) is 4.90 Å². The number of halogens is 2. The van der Waals surface area contributed by atoms with Gasteiger partial charge in [0.15, 0.2) is 11.6 Å². The lowest BCUT2D eigenvalue weighted by Gasteiger charge is -2.36. The molecule has 0 bridgehead atoms. The number of nitrogens with zero attached hydrogens (tertiary/aromatic N) is 1. The molecule has 104 valence electrons. The van der Waals surface area contributed by atoms with E-state index in [0.29, 0.717) is 5.92 Å². The van der Waals surface area contributed by atoms with Crippen molar-refractivity contribution in [2.24, 2.45) is 5.92 Å². The summed E-state index contributed by atoms with van der Waals surface area (Å²) in [5.74, 6) is -0.175. The molecule has 0 radical (unpaired) electrons. The van der Waals surface area contributed by atoms with Gasteiger partial charge in [-0.05, 0) is 30.9 Å². The largest absolute Gasteiger partial charge is 0.505 e. The molecule has 0 spiro atoms. The number of benzene rings is 1. The van der Waals surface area contributed by atoms with Crippen molar-refractivity contribution in [3.05, 3.63) is 28.0 Å². The third-order valence-corrected chi connectivity index (χ3v) is 4.72. The third-order valence-electron chi connectivity index (χ3n) is 4.02. The first-order valence-electron chi connectivity index (χ1n) is 6.80. The maximum atomic E-state index is 13.7. The fourth-order valence-corrected chi connectivity index (χ4v) is 3.48. The van der Waals surface area contributed by atoms with Gasteiger partial charge in [-0.2, -0.15) is 0 Å². The standard InChI is InChI=1S/C14H18BrFN2O/c15-10-3-4-11(16)14(19)12(10)13(9-1-2-9)18-7-5-17-6-8-18/h3-4,9,13,17,19H,1-2,5-8H2/t13-/m0/s1. The Morgan fingerprint density at radius 2 is 2.00 bits per heavy atom. The fourth-order valence-electron chi connectivity index (χ4n) is 2.93. The van der Waals surface area contributed by atoms with Gasteiger partial charge in [-0.15, -0.1) is 0 Å². The second-order valence-corrected chi connectivity index (χ2v) is 6.21. The molecule has 0 aromatic heterocycles. The Balaban J connectivity index is 1.97. The number of hydrogen-bond donors (Lipinski definition) is 2. The molecule has 0 amide bonds. The Morgan fingerprint density at radius 1 is 1.32 bits per heavy atom. The number of nitrogens with one attached hydrogen (secondary N) is 1. The smallest absolute Gasteiger partial charge is 0.165 e. The second kappa shape index (κ2) is 5.38. The molecule has 1 aromatic rings. The van der Waals surface area contributed by atoms with Gasteiger partial charge in [0.1, 0.15) is 0 Å². The minimum atomic E-state index is -0.529. The summed E-state index contributed by atoms with van der Waals surface area (Å²) in [6, 6.07) is 3.14. The summed E-state index contributed by atoms with van der Waals surface area (Å²) in [4.78, 5) is 2.37. The van der Waals surface area contributed by atoms with Crippen LogP contribution in [-0.4, -0.2) is 36.2 Å². The van der Waals surface area contributed by atoms with Crippen LogP contribution in [0.2, 0.25) is 0 Å². The van der Waals surface area contributed by atoms with Crippen LogP contribution in [0, 0.1) is 11.7 Å². The van der Waals surface area contributed by atoms with E-state index in [1.165, 1.54) is 6.07 Å². The maximum Gasteiger partial charge on any atom is 0.165 e. The molecule has 1 aliphatic heterocycles. The maximum absolute atomic E-state index is 13.7. The fraction of sp³-hybridized carbons (Fsp3) is 0.571. The molecule has 1 heterocycles. The van der Waals surface area contributed by atoms with Crippen LogP contribution in [0.3, 0.4) is 0 Å².